The molecule has 0 spiro atoms. The molecule has 14 heteroatoms. The van der Waals surface area contributed by atoms with E-state index in [-0.39, 0.29) is 37.7 Å². The molecule has 5 rings (SSSR count). The molecule has 1 aliphatic carbocycles. The summed E-state index contributed by atoms with van der Waals surface area (Å²) in [4.78, 5) is 37.2. The Kier molecular flexibility index (Phi) is 8.07. The summed E-state index contributed by atoms with van der Waals surface area (Å²) >= 11 is 0. The number of nitrogens with two attached hydrogens (primary N) is 1. The predicted molar refractivity (Wildman–Crippen MR) is 135 cm³/mol. The lowest BCUT2D eigenvalue weighted by Gasteiger charge is -2.32. The van der Waals surface area contributed by atoms with Crippen LogP contribution in [0.25, 0.3) is 11.0 Å². The van der Waals surface area contributed by atoms with E-state index in [4.69, 9.17) is 0 Å². The number of ether oxygens (including phenoxy) is 1. The number of hydrogen-bond acceptors (Lipinski definition) is 8. The van der Waals surface area contributed by atoms with Crippen LogP contribution in [0.5, 0.6) is 0 Å². The molecule has 2 aliphatic rings. The molecule has 4 heterocycles. The van der Waals surface area contributed by atoms with Crippen molar-refractivity contribution in [2.24, 2.45) is 18.7 Å². The molecule has 38 heavy (non-hydrogen) atoms. The molecular formula is C24H31F3N8O3. The van der Waals surface area contributed by atoms with Gasteiger partial charge in [-0.25, -0.2) is 19.6 Å². The third-order valence-electron chi connectivity index (χ3n) is 7.01. The number of halogens is 3. The summed E-state index contributed by atoms with van der Waals surface area (Å²) in [5.74, 6) is 0.161. The molecule has 206 valence electrons. The van der Waals surface area contributed by atoms with Gasteiger partial charge in [0.2, 0.25) is 5.95 Å². The number of aryl methyl sites for hydroxylation is 1. The van der Waals surface area contributed by atoms with Crippen LogP contribution in [-0.4, -0.2) is 56.6 Å². The number of methoxy groups -OCH3 is 1. The monoisotopic (exact) mass is 536 g/mol. The molecule has 3 aromatic rings. The smallest absolute Gasteiger partial charge is 0.404 e. The van der Waals surface area contributed by atoms with Crippen molar-refractivity contribution in [1.29, 1.82) is 0 Å². The van der Waals surface area contributed by atoms with E-state index < -0.39 is 18.2 Å². The molecule has 0 radical (unpaired) electrons. The van der Waals surface area contributed by atoms with Gasteiger partial charge in [0, 0.05) is 38.4 Å². The van der Waals surface area contributed by atoms with Gasteiger partial charge in [-0.05, 0) is 31.7 Å². The number of nitrogens with zero attached hydrogens (tertiary/aromatic N) is 6. The lowest BCUT2D eigenvalue weighted by molar-refractivity contribution is -0.179. The van der Waals surface area contributed by atoms with Crippen LogP contribution in [0.4, 0.5) is 35.5 Å². The van der Waals surface area contributed by atoms with Crippen molar-refractivity contribution >= 4 is 34.7 Å². The molecule has 0 bridgehead atoms. The Bertz CT molecular complexity index is 1330. The Hall–Kier alpha value is -3.84. The maximum atomic E-state index is 13.0. The summed E-state index contributed by atoms with van der Waals surface area (Å²) < 4.78 is 46.2. The number of alkyl halides is 3. The molecule has 11 nitrogen and oxygen atoms in total. The molecule has 1 saturated carbocycles. The Morgan fingerprint density at radius 1 is 1.11 bits per heavy atom. The largest absolute Gasteiger partial charge is 0.453 e. The lowest BCUT2D eigenvalue weighted by atomic mass is 9.96. The van der Waals surface area contributed by atoms with E-state index in [1.807, 2.05) is 10.6 Å². The van der Waals surface area contributed by atoms with Gasteiger partial charge >= 0.3 is 18.0 Å². The fraction of sp³-hybridized carbons (Fsp3) is 0.542. The van der Waals surface area contributed by atoms with E-state index in [1.165, 1.54) is 7.11 Å². The second kappa shape index (κ2) is 11.3. The van der Waals surface area contributed by atoms with Crippen LogP contribution in [0, 0.1) is 5.92 Å². The summed E-state index contributed by atoms with van der Waals surface area (Å²) in [5, 5.41) is 3.16. The highest BCUT2D eigenvalue weighted by molar-refractivity contribution is 5.79. The minimum absolute atomic E-state index is 0.0371. The van der Waals surface area contributed by atoms with Crippen molar-refractivity contribution in [3.05, 3.63) is 35.0 Å². The summed E-state index contributed by atoms with van der Waals surface area (Å²) in [6, 6.07) is 3.74. The second-order valence-corrected chi connectivity index (χ2v) is 9.40. The summed E-state index contributed by atoms with van der Waals surface area (Å²) in [5.41, 5.74) is 5.99. The molecule has 3 aromatic heterocycles. The van der Waals surface area contributed by atoms with Gasteiger partial charge in [0.15, 0.2) is 0 Å². The van der Waals surface area contributed by atoms with E-state index in [9.17, 15) is 22.8 Å². The van der Waals surface area contributed by atoms with Crippen molar-refractivity contribution in [2.45, 2.75) is 50.7 Å². The van der Waals surface area contributed by atoms with E-state index >= 15 is 0 Å². The zero-order chi connectivity index (χ0) is 27.4. The molecular weight excluding hydrogens is 505 g/mol. The van der Waals surface area contributed by atoms with Gasteiger partial charge in [0.25, 0.3) is 0 Å². The number of carbonyl (C=O) groups excluding carboxylic acids is 1. The van der Waals surface area contributed by atoms with Crippen LogP contribution < -0.4 is 21.6 Å². The zero-order valence-corrected chi connectivity index (χ0v) is 21.2. The van der Waals surface area contributed by atoms with Crippen LogP contribution in [-0.2, 0) is 11.8 Å². The van der Waals surface area contributed by atoms with Gasteiger partial charge in [-0.15, -0.1) is 0 Å². The van der Waals surface area contributed by atoms with E-state index in [0.717, 1.165) is 36.7 Å². The van der Waals surface area contributed by atoms with Crippen molar-refractivity contribution in [2.75, 3.05) is 30.4 Å². The maximum absolute atomic E-state index is 13.0. The van der Waals surface area contributed by atoms with Gasteiger partial charge in [0.05, 0.1) is 30.3 Å². The molecule has 1 aliphatic heterocycles. The highest BCUT2D eigenvalue weighted by Crippen LogP contribution is 2.35. The normalized spacial score (nSPS) is 16.8. The van der Waals surface area contributed by atoms with E-state index in [1.54, 1.807) is 35.0 Å². The number of pyridine rings is 1. The van der Waals surface area contributed by atoms with Gasteiger partial charge in [-0.1, -0.05) is 12.8 Å². The summed E-state index contributed by atoms with van der Waals surface area (Å²) in [6.07, 6.45) is 2.65. The standard InChI is InChI=1S/C22H26F3N7O.C2H5NO2/c1-30-17-13-27-19(12-16(17)32(21(30)33)15-4-2-3-5-15)28-18-6-9-26-20(29-18)31-10-7-14(8-11-31)22(23,24)25;1-5-2(3)4/h6,9,12-15H,2-5,7-8,10-11H2,1H3,(H,26,27,28,29);1H3,(H2,3,4). The van der Waals surface area contributed by atoms with E-state index in [0.29, 0.717) is 17.6 Å². The fourth-order valence-electron chi connectivity index (χ4n) is 4.95. The number of amides is 1. The lowest BCUT2D eigenvalue weighted by Crippen LogP contribution is -2.39. The van der Waals surface area contributed by atoms with Gasteiger partial charge in [0.1, 0.15) is 11.6 Å². The summed E-state index contributed by atoms with van der Waals surface area (Å²) in [6.45, 7) is 0.519. The quantitative estimate of drug-likeness (QED) is 0.513. The molecule has 0 aromatic carbocycles. The van der Waals surface area contributed by atoms with Crippen LogP contribution in [0.1, 0.15) is 44.6 Å². The molecule has 1 saturated heterocycles. The number of carbonyl (C=O) groups is 1. The number of imidazole rings is 1. The molecule has 0 atom stereocenters. The average Bonchev–Trinajstić information content (AvgIpc) is 3.50. The van der Waals surface area contributed by atoms with Crippen LogP contribution >= 0.6 is 0 Å². The van der Waals surface area contributed by atoms with E-state index in [2.05, 4.69) is 30.7 Å². The van der Waals surface area contributed by atoms with Gasteiger partial charge < -0.3 is 20.7 Å². The number of rotatable bonds is 4. The average molecular weight is 537 g/mol. The van der Waals surface area contributed by atoms with Crippen LogP contribution in [0.2, 0.25) is 0 Å². The van der Waals surface area contributed by atoms with Crippen molar-refractivity contribution in [3.63, 3.8) is 0 Å². The number of nitrogens with one attached hydrogen (secondary N) is 1. The third-order valence-corrected chi connectivity index (χ3v) is 7.01. The molecule has 2 fully saturated rings. The molecule has 1 amide bonds. The minimum Gasteiger partial charge on any atom is -0.453 e. The molecule has 3 N–H and O–H groups in total. The Balaban J connectivity index is 0.000000617. The van der Waals surface area contributed by atoms with Gasteiger partial charge in [-0.3, -0.25) is 9.13 Å². The fourth-order valence-corrected chi connectivity index (χ4v) is 4.95. The first kappa shape index (κ1) is 27.2. The second-order valence-electron chi connectivity index (χ2n) is 9.40. The number of hydrogen-bond donors (Lipinski definition) is 2. The highest BCUT2D eigenvalue weighted by Gasteiger charge is 2.41. The van der Waals surface area contributed by atoms with Crippen LogP contribution in [0.3, 0.4) is 0 Å². The van der Waals surface area contributed by atoms with Gasteiger partial charge in [-0.2, -0.15) is 18.2 Å². The number of fused-ring (bicyclic) bond motifs is 1. The van der Waals surface area contributed by atoms with Crippen LogP contribution in [0.15, 0.2) is 29.3 Å². The van der Waals surface area contributed by atoms with Crippen molar-refractivity contribution in [1.82, 2.24) is 24.1 Å². The Morgan fingerprint density at radius 3 is 2.37 bits per heavy atom. The number of primary amides is 1. The Morgan fingerprint density at radius 2 is 1.76 bits per heavy atom. The number of aromatic nitrogens is 5. The third kappa shape index (κ3) is 6.00. The highest BCUT2D eigenvalue weighted by atomic mass is 19.4. The first-order chi connectivity index (χ1) is 18.1. The first-order valence-corrected chi connectivity index (χ1v) is 12.4. The number of anilines is 3. The Labute approximate surface area is 216 Å². The van der Waals surface area contributed by atoms with Crippen molar-refractivity contribution < 1.29 is 22.7 Å². The maximum Gasteiger partial charge on any atom is 0.404 e. The SMILES string of the molecule is COC(N)=O.Cn1c(=O)n(C2CCCC2)c2cc(Nc3ccnc(N4CCC(C(F)(F)F)CC4)n3)ncc21. The number of piperidine rings is 1. The first-order valence-electron chi connectivity index (χ1n) is 12.4. The zero-order valence-electron chi connectivity index (χ0n) is 21.2. The molecule has 0 unspecified atom stereocenters. The topological polar surface area (TPSA) is 133 Å². The predicted octanol–water partition coefficient (Wildman–Crippen LogP) is 3.87. The van der Waals surface area contributed by atoms with Crippen molar-refractivity contribution in [3.8, 4) is 0 Å². The minimum atomic E-state index is -4.16. The summed E-state index contributed by atoms with van der Waals surface area (Å²) in [7, 11) is 2.98.